The summed E-state index contributed by atoms with van der Waals surface area (Å²) in [7, 11) is 2.73. The van der Waals surface area contributed by atoms with Crippen LogP contribution >= 0.6 is 0 Å². The number of hydrogen-bond donors (Lipinski definition) is 5. The second kappa shape index (κ2) is 11.4. The molecule has 14 heteroatoms. The molecule has 3 aromatic rings. The first-order valence-corrected chi connectivity index (χ1v) is 11.8. The molecule has 5 N–H and O–H groups in total. The lowest BCUT2D eigenvalue weighted by atomic mass is 10.1. The van der Waals surface area contributed by atoms with E-state index in [-0.39, 0.29) is 45.0 Å². The molecule has 0 radical (unpaired) electrons. The van der Waals surface area contributed by atoms with Crippen molar-refractivity contribution in [2.75, 3.05) is 19.1 Å². The highest BCUT2D eigenvalue weighted by atomic mass is 16.4. The molecule has 1 aliphatic rings. The number of amides is 3. The molecule has 14 nitrogen and oxygen atoms in total. The number of aromatic nitrogens is 2. The number of carboxylic acids is 2. The summed E-state index contributed by atoms with van der Waals surface area (Å²) in [5.41, 5.74) is 0.00678. The first kappa shape index (κ1) is 28.0. The maximum absolute atomic E-state index is 13.2. The Balaban J connectivity index is 1.71. The van der Waals surface area contributed by atoms with Gasteiger partial charge in [0.1, 0.15) is 0 Å². The summed E-state index contributed by atoms with van der Waals surface area (Å²) < 4.78 is 1.05. The fourth-order valence-electron chi connectivity index (χ4n) is 3.80. The Labute approximate surface area is 231 Å². The van der Waals surface area contributed by atoms with E-state index in [2.05, 4.69) is 20.8 Å². The zero-order valence-electron chi connectivity index (χ0n) is 21.5. The summed E-state index contributed by atoms with van der Waals surface area (Å²) >= 11 is 0. The average Bonchev–Trinajstić information content (AvgIpc) is 3.48. The number of benzene rings is 2. The van der Waals surface area contributed by atoms with Crippen LogP contribution in [0.25, 0.3) is 11.8 Å². The third-order valence-corrected chi connectivity index (χ3v) is 5.90. The second-order valence-electron chi connectivity index (χ2n) is 8.37. The van der Waals surface area contributed by atoms with Gasteiger partial charge in [-0.1, -0.05) is 6.08 Å². The standard InChI is InChI=1S/C27H22N6O8/c1-28-22(34)20-18(24(36)32(30-20)16-10-6-14(7-11-16)26(38)39)4-3-5-19-21(23(35)29-2)31-33(25(19)37)17-12-8-15(9-13-17)27(40)41/h3-13,36H,1-2H3,(H,28,34)(H,29,35)(H,38,39)(H,40,41)/b4-3+,19-5-. The molecule has 0 bridgehead atoms. The molecule has 41 heavy (non-hydrogen) atoms. The number of allylic oxidation sites excluding steroid dienone is 2. The van der Waals surface area contributed by atoms with Crippen molar-refractivity contribution in [2.45, 2.75) is 0 Å². The summed E-state index contributed by atoms with van der Waals surface area (Å²) in [6.07, 6.45) is 3.90. The number of rotatable bonds is 8. The van der Waals surface area contributed by atoms with Crippen LogP contribution < -0.4 is 15.6 Å². The predicted molar refractivity (Wildman–Crippen MR) is 145 cm³/mol. The Kier molecular flexibility index (Phi) is 7.75. The minimum Gasteiger partial charge on any atom is -0.493 e. The van der Waals surface area contributed by atoms with Gasteiger partial charge in [-0.25, -0.2) is 9.59 Å². The lowest BCUT2D eigenvalue weighted by Crippen LogP contribution is -2.28. The van der Waals surface area contributed by atoms with Crippen LogP contribution in [-0.2, 0) is 9.59 Å². The smallest absolute Gasteiger partial charge is 0.335 e. The van der Waals surface area contributed by atoms with E-state index in [0.717, 1.165) is 9.69 Å². The Morgan fingerprint density at radius 3 is 1.88 bits per heavy atom. The number of aromatic carboxylic acids is 2. The second-order valence-corrected chi connectivity index (χ2v) is 8.37. The first-order valence-electron chi connectivity index (χ1n) is 11.8. The SMILES string of the molecule is CNC(=O)C1=NN(c2ccc(C(=O)O)cc2)C(=O)/C1=C\C=C\c1c(C(=O)NC)nn(-c2ccc(C(=O)O)cc2)c1O. The molecule has 4 rings (SSSR count). The van der Waals surface area contributed by atoms with Crippen molar-refractivity contribution in [1.82, 2.24) is 20.4 Å². The Morgan fingerprint density at radius 2 is 1.37 bits per heavy atom. The molecule has 1 aromatic heterocycles. The minimum atomic E-state index is -1.15. The van der Waals surface area contributed by atoms with E-state index in [1.54, 1.807) is 0 Å². The van der Waals surface area contributed by atoms with Gasteiger partial charge in [-0.2, -0.15) is 19.9 Å². The van der Waals surface area contributed by atoms with Crippen LogP contribution in [0, 0.1) is 0 Å². The molecule has 0 spiro atoms. The molecule has 208 valence electrons. The highest BCUT2D eigenvalue weighted by Crippen LogP contribution is 2.28. The van der Waals surface area contributed by atoms with Gasteiger partial charge >= 0.3 is 11.9 Å². The number of anilines is 1. The van der Waals surface area contributed by atoms with E-state index in [4.69, 9.17) is 10.2 Å². The van der Waals surface area contributed by atoms with Crippen LogP contribution in [0.4, 0.5) is 5.69 Å². The molecule has 0 aliphatic carbocycles. The van der Waals surface area contributed by atoms with Crippen LogP contribution in [0.2, 0.25) is 0 Å². The molecule has 0 atom stereocenters. The quantitative estimate of drug-likeness (QED) is 0.253. The zero-order valence-corrected chi connectivity index (χ0v) is 21.5. The summed E-state index contributed by atoms with van der Waals surface area (Å²) in [4.78, 5) is 60.5. The predicted octanol–water partition coefficient (Wildman–Crippen LogP) is 1.42. The van der Waals surface area contributed by atoms with Crippen molar-refractivity contribution in [3.8, 4) is 11.6 Å². The molecular weight excluding hydrogens is 536 g/mol. The van der Waals surface area contributed by atoms with E-state index >= 15 is 0 Å². The van der Waals surface area contributed by atoms with Gasteiger partial charge in [-0.3, -0.25) is 14.4 Å². The Morgan fingerprint density at radius 1 is 0.829 bits per heavy atom. The van der Waals surface area contributed by atoms with Crippen LogP contribution in [0.1, 0.15) is 36.8 Å². The van der Waals surface area contributed by atoms with Crippen molar-refractivity contribution in [1.29, 1.82) is 0 Å². The molecule has 0 saturated heterocycles. The molecule has 0 unspecified atom stereocenters. The van der Waals surface area contributed by atoms with Crippen LogP contribution in [-0.4, -0.2) is 74.6 Å². The van der Waals surface area contributed by atoms with E-state index < -0.39 is 35.5 Å². The number of hydrazone groups is 1. The van der Waals surface area contributed by atoms with Gasteiger partial charge in [-0.15, -0.1) is 0 Å². The summed E-state index contributed by atoms with van der Waals surface area (Å²) in [6, 6.07) is 10.7. The first-order chi connectivity index (χ1) is 19.6. The van der Waals surface area contributed by atoms with Crippen molar-refractivity contribution in [2.24, 2.45) is 5.10 Å². The minimum absolute atomic E-state index is 0.000276. The van der Waals surface area contributed by atoms with Crippen LogP contribution in [0.3, 0.4) is 0 Å². The lowest BCUT2D eigenvalue weighted by Gasteiger charge is -2.11. The largest absolute Gasteiger partial charge is 0.493 e. The van der Waals surface area contributed by atoms with Gasteiger partial charge < -0.3 is 26.0 Å². The van der Waals surface area contributed by atoms with E-state index in [1.165, 1.54) is 80.9 Å². The highest BCUT2D eigenvalue weighted by Gasteiger charge is 2.34. The van der Waals surface area contributed by atoms with Crippen molar-refractivity contribution in [3.05, 3.63) is 88.6 Å². The van der Waals surface area contributed by atoms with Crippen molar-refractivity contribution < 1.29 is 39.3 Å². The fourth-order valence-corrected chi connectivity index (χ4v) is 3.80. The van der Waals surface area contributed by atoms with Crippen LogP contribution in [0.5, 0.6) is 5.88 Å². The van der Waals surface area contributed by atoms with Gasteiger partial charge in [0.25, 0.3) is 17.7 Å². The maximum Gasteiger partial charge on any atom is 0.335 e. The van der Waals surface area contributed by atoms with Crippen molar-refractivity contribution in [3.63, 3.8) is 0 Å². The Bertz CT molecular complexity index is 1670. The Hall–Kier alpha value is -6.05. The zero-order chi connectivity index (χ0) is 29.8. The van der Waals surface area contributed by atoms with E-state index in [9.17, 15) is 29.1 Å². The molecular formula is C27H22N6O8. The number of nitrogens with zero attached hydrogens (tertiary/aromatic N) is 4. The monoisotopic (exact) mass is 558 g/mol. The van der Waals surface area contributed by atoms with Crippen LogP contribution in [0.15, 0.2) is 71.4 Å². The van der Waals surface area contributed by atoms with Crippen molar-refractivity contribution >= 4 is 47.1 Å². The molecule has 2 aromatic carbocycles. The summed E-state index contributed by atoms with van der Waals surface area (Å²) in [5, 5.41) is 43.1. The molecule has 1 aliphatic heterocycles. The summed E-state index contributed by atoms with van der Waals surface area (Å²) in [5.74, 6) is -4.70. The third kappa shape index (κ3) is 5.42. The normalized spacial score (nSPS) is 13.9. The number of carboxylic acid groups (broad SMARTS) is 2. The number of carbonyl (C=O) groups excluding carboxylic acids is 3. The number of carbonyl (C=O) groups is 5. The number of nitrogens with one attached hydrogen (secondary N) is 2. The molecule has 0 fully saturated rings. The average molecular weight is 559 g/mol. The lowest BCUT2D eigenvalue weighted by molar-refractivity contribution is -0.116. The third-order valence-electron chi connectivity index (χ3n) is 5.90. The van der Waals surface area contributed by atoms with Gasteiger partial charge in [-0.05, 0) is 60.7 Å². The summed E-state index contributed by atoms with van der Waals surface area (Å²) in [6.45, 7) is 0. The van der Waals surface area contributed by atoms with Gasteiger partial charge in [0.05, 0.1) is 33.6 Å². The number of hydrogen-bond acceptors (Lipinski definition) is 8. The topological polar surface area (TPSA) is 204 Å². The van der Waals surface area contributed by atoms with Gasteiger partial charge in [0.15, 0.2) is 11.4 Å². The molecule has 0 saturated carbocycles. The van der Waals surface area contributed by atoms with Gasteiger partial charge in [0, 0.05) is 14.1 Å². The van der Waals surface area contributed by atoms with E-state index in [1.807, 2.05) is 0 Å². The fraction of sp³-hybridized carbons (Fsp3) is 0.0741. The van der Waals surface area contributed by atoms with Gasteiger partial charge in [0.2, 0.25) is 5.88 Å². The van der Waals surface area contributed by atoms with E-state index in [0.29, 0.717) is 0 Å². The number of aromatic hydroxyl groups is 1. The highest BCUT2D eigenvalue weighted by molar-refractivity contribution is 6.54. The maximum atomic E-state index is 13.2. The molecule has 2 heterocycles. The molecule has 3 amide bonds.